The number of hydrogen-bond acceptors (Lipinski definition) is 6. The van der Waals surface area contributed by atoms with E-state index in [0.717, 1.165) is 48.3 Å². The van der Waals surface area contributed by atoms with Gasteiger partial charge in [-0.1, -0.05) is 18.2 Å². The number of fused-ring (bicyclic) bond motifs is 1. The molecule has 2 aromatic heterocycles. The number of aromatic nitrogens is 4. The van der Waals surface area contributed by atoms with Crippen LogP contribution in [0.3, 0.4) is 0 Å². The van der Waals surface area contributed by atoms with Crippen LogP contribution < -0.4 is 10.1 Å². The monoisotopic (exact) mass is 353 g/mol. The molecule has 1 aromatic carbocycles. The Balaban J connectivity index is 1.19. The van der Waals surface area contributed by atoms with Crippen molar-refractivity contribution >= 4 is 16.9 Å². The van der Waals surface area contributed by atoms with E-state index in [4.69, 9.17) is 9.47 Å². The Bertz CT molecular complexity index is 815. The highest BCUT2D eigenvalue weighted by molar-refractivity contribution is 5.85. The number of aromatic amines is 1. The Labute approximate surface area is 152 Å². The van der Waals surface area contributed by atoms with Crippen molar-refractivity contribution in [2.45, 2.75) is 37.8 Å². The third-order valence-corrected chi connectivity index (χ3v) is 4.71. The molecular weight excluding hydrogens is 330 g/mol. The summed E-state index contributed by atoms with van der Waals surface area (Å²) in [4.78, 5) is 8.52. The van der Waals surface area contributed by atoms with Crippen LogP contribution in [0.1, 0.15) is 25.7 Å². The van der Waals surface area contributed by atoms with Gasteiger partial charge in [0.1, 0.15) is 24.5 Å². The molecule has 0 unspecified atom stereocenters. The van der Waals surface area contributed by atoms with Crippen LogP contribution in [0, 0.1) is 0 Å². The molecule has 0 aliphatic heterocycles. The number of para-hydroxylation sites is 1. The van der Waals surface area contributed by atoms with Crippen LogP contribution in [-0.4, -0.2) is 45.5 Å². The summed E-state index contributed by atoms with van der Waals surface area (Å²) < 4.78 is 11.6. The van der Waals surface area contributed by atoms with Gasteiger partial charge in [0.25, 0.3) is 0 Å². The zero-order valence-corrected chi connectivity index (χ0v) is 14.6. The smallest absolute Gasteiger partial charge is 0.160 e. The fourth-order valence-electron chi connectivity index (χ4n) is 3.34. The standard InChI is InChI=1S/C19H23N5O2/c1-2-4-15(5-3-1)25-10-11-26-16-8-6-14(7-9-16)23-18-17-12-22-24-19(17)21-13-20-18/h1-5,12-14,16H,6-11H2,(H2,20,21,22,23,24)/t14-,16-. The fraction of sp³-hybridized carbons (Fsp3) is 0.421. The van der Waals surface area contributed by atoms with Crippen LogP contribution >= 0.6 is 0 Å². The van der Waals surface area contributed by atoms with Gasteiger partial charge in [0.05, 0.1) is 24.3 Å². The lowest BCUT2D eigenvalue weighted by Gasteiger charge is -2.29. The van der Waals surface area contributed by atoms with E-state index in [2.05, 4.69) is 25.5 Å². The number of hydrogen-bond donors (Lipinski definition) is 2. The molecule has 2 heterocycles. The van der Waals surface area contributed by atoms with E-state index in [1.54, 1.807) is 12.5 Å². The molecular formula is C19H23N5O2. The molecule has 0 radical (unpaired) electrons. The molecule has 1 saturated carbocycles. The number of anilines is 1. The van der Waals surface area contributed by atoms with Crippen molar-refractivity contribution in [2.75, 3.05) is 18.5 Å². The van der Waals surface area contributed by atoms with E-state index >= 15 is 0 Å². The van der Waals surface area contributed by atoms with Crippen LogP contribution in [-0.2, 0) is 4.74 Å². The third kappa shape index (κ3) is 4.11. The van der Waals surface area contributed by atoms with Crippen molar-refractivity contribution in [1.82, 2.24) is 20.2 Å². The zero-order valence-electron chi connectivity index (χ0n) is 14.6. The maximum atomic E-state index is 5.97. The maximum Gasteiger partial charge on any atom is 0.160 e. The summed E-state index contributed by atoms with van der Waals surface area (Å²) in [7, 11) is 0. The summed E-state index contributed by atoms with van der Waals surface area (Å²) in [5.41, 5.74) is 0.762. The molecule has 26 heavy (non-hydrogen) atoms. The molecule has 3 aromatic rings. The number of H-pyrrole nitrogens is 1. The molecule has 0 amide bonds. The van der Waals surface area contributed by atoms with Gasteiger partial charge >= 0.3 is 0 Å². The van der Waals surface area contributed by atoms with Crippen molar-refractivity contribution in [1.29, 1.82) is 0 Å². The maximum absolute atomic E-state index is 5.97. The Morgan fingerprint density at radius 2 is 1.88 bits per heavy atom. The van der Waals surface area contributed by atoms with Crippen molar-refractivity contribution < 1.29 is 9.47 Å². The predicted octanol–water partition coefficient (Wildman–Crippen LogP) is 3.17. The quantitative estimate of drug-likeness (QED) is 0.635. The highest BCUT2D eigenvalue weighted by Gasteiger charge is 2.22. The summed E-state index contributed by atoms with van der Waals surface area (Å²) in [6.07, 6.45) is 7.85. The highest BCUT2D eigenvalue weighted by Crippen LogP contribution is 2.25. The number of ether oxygens (including phenoxy) is 2. The molecule has 2 N–H and O–H groups in total. The first-order valence-electron chi connectivity index (χ1n) is 9.08. The number of nitrogens with one attached hydrogen (secondary N) is 2. The van der Waals surface area contributed by atoms with Crippen molar-refractivity contribution in [3.05, 3.63) is 42.9 Å². The lowest BCUT2D eigenvalue weighted by Crippen LogP contribution is -2.30. The summed E-state index contributed by atoms with van der Waals surface area (Å²) in [6, 6.07) is 10.2. The van der Waals surface area contributed by atoms with Gasteiger partial charge in [-0.05, 0) is 37.8 Å². The third-order valence-electron chi connectivity index (χ3n) is 4.71. The van der Waals surface area contributed by atoms with Gasteiger partial charge in [0.15, 0.2) is 5.65 Å². The first kappa shape index (κ1) is 16.8. The number of rotatable bonds is 7. The average Bonchev–Trinajstić information content (AvgIpc) is 3.17. The number of benzene rings is 1. The molecule has 7 heteroatoms. The zero-order chi connectivity index (χ0) is 17.6. The summed E-state index contributed by atoms with van der Waals surface area (Å²) in [6.45, 7) is 1.21. The lowest BCUT2D eigenvalue weighted by molar-refractivity contribution is 0.0112. The predicted molar refractivity (Wildman–Crippen MR) is 99.2 cm³/mol. The van der Waals surface area contributed by atoms with Crippen molar-refractivity contribution in [2.24, 2.45) is 0 Å². The van der Waals surface area contributed by atoms with Gasteiger partial charge in [-0.3, -0.25) is 5.10 Å². The van der Waals surface area contributed by atoms with Crippen LogP contribution in [0.25, 0.3) is 11.0 Å². The topological polar surface area (TPSA) is 85.0 Å². The van der Waals surface area contributed by atoms with Crippen LogP contribution in [0.5, 0.6) is 5.75 Å². The molecule has 0 spiro atoms. The van der Waals surface area contributed by atoms with Gasteiger partial charge in [-0.15, -0.1) is 0 Å². The summed E-state index contributed by atoms with van der Waals surface area (Å²) >= 11 is 0. The Morgan fingerprint density at radius 3 is 2.73 bits per heavy atom. The second-order valence-electron chi connectivity index (χ2n) is 6.50. The Morgan fingerprint density at radius 1 is 1.04 bits per heavy atom. The highest BCUT2D eigenvalue weighted by atomic mass is 16.5. The average molecular weight is 353 g/mol. The van der Waals surface area contributed by atoms with Gasteiger partial charge in [-0.2, -0.15) is 5.10 Å². The molecule has 0 atom stereocenters. The molecule has 136 valence electrons. The Kier molecular flexibility index (Phi) is 5.25. The van der Waals surface area contributed by atoms with E-state index in [1.165, 1.54) is 0 Å². The molecule has 1 fully saturated rings. The van der Waals surface area contributed by atoms with E-state index in [9.17, 15) is 0 Å². The largest absolute Gasteiger partial charge is 0.491 e. The van der Waals surface area contributed by atoms with Gasteiger partial charge in [0, 0.05) is 6.04 Å². The first-order valence-corrected chi connectivity index (χ1v) is 9.08. The summed E-state index contributed by atoms with van der Waals surface area (Å²) in [5.74, 6) is 1.74. The van der Waals surface area contributed by atoms with E-state index in [1.807, 2.05) is 30.3 Å². The summed E-state index contributed by atoms with van der Waals surface area (Å²) in [5, 5.41) is 11.4. The van der Waals surface area contributed by atoms with E-state index in [-0.39, 0.29) is 0 Å². The normalized spacial score (nSPS) is 20.2. The van der Waals surface area contributed by atoms with E-state index < -0.39 is 0 Å². The molecule has 1 aliphatic carbocycles. The molecule has 0 saturated heterocycles. The molecule has 4 rings (SSSR count). The SMILES string of the molecule is c1ccc(OCCO[C@H]2CC[C@H](Nc3ncnc4[nH]ncc34)CC2)cc1. The van der Waals surface area contributed by atoms with Gasteiger partial charge < -0.3 is 14.8 Å². The lowest BCUT2D eigenvalue weighted by atomic mass is 9.93. The molecule has 0 bridgehead atoms. The molecule has 7 nitrogen and oxygen atoms in total. The molecule has 1 aliphatic rings. The van der Waals surface area contributed by atoms with Gasteiger partial charge in [0.2, 0.25) is 0 Å². The minimum Gasteiger partial charge on any atom is -0.491 e. The van der Waals surface area contributed by atoms with Crippen molar-refractivity contribution in [3.63, 3.8) is 0 Å². The van der Waals surface area contributed by atoms with E-state index in [0.29, 0.717) is 25.4 Å². The minimum atomic E-state index is 0.312. The second kappa shape index (κ2) is 8.14. The first-order chi connectivity index (χ1) is 12.9. The van der Waals surface area contributed by atoms with Crippen LogP contribution in [0.2, 0.25) is 0 Å². The minimum absolute atomic E-state index is 0.312. The second-order valence-corrected chi connectivity index (χ2v) is 6.50. The fourth-order valence-corrected chi connectivity index (χ4v) is 3.34. The van der Waals surface area contributed by atoms with Crippen LogP contribution in [0.4, 0.5) is 5.82 Å². The van der Waals surface area contributed by atoms with Crippen LogP contribution in [0.15, 0.2) is 42.9 Å². The number of nitrogens with zero attached hydrogens (tertiary/aromatic N) is 3. The van der Waals surface area contributed by atoms with Crippen molar-refractivity contribution in [3.8, 4) is 5.75 Å². The Hall–Kier alpha value is -2.67. The van der Waals surface area contributed by atoms with Gasteiger partial charge in [-0.25, -0.2) is 9.97 Å².